The van der Waals surface area contributed by atoms with Crippen molar-refractivity contribution in [2.75, 3.05) is 19.7 Å². The van der Waals surface area contributed by atoms with Crippen molar-refractivity contribution in [2.45, 2.75) is 38.6 Å². The van der Waals surface area contributed by atoms with Crippen molar-refractivity contribution in [3.05, 3.63) is 35.4 Å². The first-order valence-electron chi connectivity index (χ1n) is 6.60. The Balaban J connectivity index is 2.32. The zero-order chi connectivity index (χ0) is 12.3. The van der Waals surface area contributed by atoms with Crippen LogP contribution < -0.4 is 0 Å². The van der Waals surface area contributed by atoms with Gasteiger partial charge in [0.1, 0.15) is 0 Å². The van der Waals surface area contributed by atoms with E-state index in [4.69, 9.17) is 0 Å². The van der Waals surface area contributed by atoms with E-state index in [-0.39, 0.29) is 12.1 Å². The number of nitrogens with zero attached hydrogens (tertiary/aromatic N) is 1. The summed E-state index contributed by atoms with van der Waals surface area (Å²) in [4.78, 5) is 2.44. The minimum absolute atomic E-state index is 0.192. The summed E-state index contributed by atoms with van der Waals surface area (Å²) < 4.78 is 0. The molecule has 0 amide bonds. The second kappa shape index (κ2) is 5.19. The highest BCUT2D eigenvalue weighted by Crippen LogP contribution is 2.32. The maximum absolute atomic E-state index is 9.87. The van der Waals surface area contributed by atoms with Gasteiger partial charge in [0, 0.05) is 0 Å². The summed E-state index contributed by atoms with van der Waals surface area (Å²) >= 11 is 0. The van der Waals surface area contributed by atoms with Gasteiger partial charge in [-0.2, -0.15) is 0 Å². The van der Waals surface area contributed by atoms with Crippen LogP contribution in [0.15, 0.2) is 24.3 Å². The van der Waals surface area contributed by atoms with E-state index in [1.807, 2.05) is 0 Å². The lowest BCUT2D eigenvalue weighted by atomic mass is 9.86. The molecule has 0 spiro atoms. The molecular formula is C15H23NO. The van der Waals surface area contributed by atoms with Gasteiger partial charge in [0.25, 0.3) is 0 Å². The molecule has 0 aliphatic carbocycles. The molecule has 1 heterocycles. The summed E-state index contributed by atoms with van der Waals surface area (Å²) in [7, 11) is 0. The summed E-state index contributed by atoms with van der Waals surface area (Å²) in [5, 5.41) is 9.87. The Labute approximate surface area is 104 Å². The van der Waals surface area contributed by atoms with Crippen LogP contribution in [0.1, 0.15) is 37.3 Å². The average molecular weight is 233 g/mol. The van der Waals surface area contributed by atoms with Crippen LogP contribution in [0.25, 0.3) is 0 Å². The van der Waals surface area contributed by atoms with Crippen LogP contribution in [-0.2, 0) is 5.54 Å². The van der Waals surface area contributed by atoms with Crippen molar-refractivity contribution in [3.63, 3.8) is 0 Å². The molecule has 1 saturated heterocycles. The Morgan fingerprint density at radius 1 is 1.18 bits per heavy atom. The van der Waals surface area contributed by atoms with Crippen LogP contribution in [0.2, 0.25) is 0 Å². The highest BCUT2D eigenvalue weighted by Gasteiger charge is 2.34. The van der Waals surface area contributed by atoms with E-state index in [0.29, 0.717) is 0 Å². The third kappa shape index (κ3) is 2.38. The third-order valence-corrected chi connectivity index (χ3v) is 4.09. The fourth-order valence-electron chi connectivity index (χ4n) is 2.92. The Bertz CT molecular complexity index is 371. The Hall–Kier alpha value is -0.860. The topological polar surface area (TPSA) is 23.5 Å². The minimum atomic E-state index is -0.217. The van der Waals surface area contributed by atoms with Crippen LogP contribution in [0.5, 0.6) is 0 Å². The zero-order valence-electron chi connectivity index (χ0n) is 10.9. The van der Waals surface area contributed by atoms with Gasteiger partial charge in [0.15, 0.2) is 0 Å². The molecule has 1 aliphatic heterocycles. The van der Waals surface area contributed by atoms with Crippen molar-refractivity contribution in [1.82, 2.24) is 4.90 Å². The second-order valence-corrected chi connectivity index (χ2v) is 5.29. The van der Waals surface area contributed by atoms with Crippen molar-refractivity contribution in [2.24, 2.45) is 0 Å². The number of benzene rings is 1. The molecule has 1 aliphatic rings. The predicted molar refractivity (Wildman–Crippen MR) is 71.0 cm³/mol. The van der Waals surface area contributed by atoms with Crippen LogP contribution in [0.3, 0.4) is 0 Å². The van der Waals surface area contributed by atoms with E-state index in [1.165, 1.54) is 30.4 Å². The summed E-state index contributed by atoms with van der Waals surface area (Å²) in [6.45, 7) is 6.70. The monoisotopic (exact) mass is 233 g/mol. The lowest BCUT2D eigenvalue weighted by Gasteiger charge is -2.43. The lowest BCUT2D eigenvalue weighted by Crippen LogP contribution is -2.49. The summed E-state index contributed by atoms with van der Waals surface area (Å²) in [6.07, 6.45) is 3.83. The Morgan fingerprint density at radius 3 is 2.41 bits per heavy atom. The van der Waals surface area contributed by atoms with E-state index in [0.717, 1.165) is 13.1 Å². The number of likely N-dealkylation sites (tertiary alicyclic amines) is 1. The largest absolute Gasteiger partial charge is 0.394 e. The molecule has 0 radical (unpaired) electrons. The number of aliphatic hydroxyl groups excluding tert-OH is 1. The molecule has 1 fully saturated rings. The maximum atomic E-state index is 9.87. The first kappa shape index (κ1) is 12.6. The van der Waals surface area contributed by atoms with E-state index in [2.05, 4.69) is 43.0 Å². The quantitative estimate of drug-likeness (QED) is 0.867. The molecule has 1 aromatic carbocycles. The van der Waals surface area contributed by atoms with Gasteiger partial charge in [-0.1, -0.05) is 30.7 Å². The number of hydrogen-bond acceptors (Lipinski definition) is 2. The van der Waals surface area contributed by atoms with E-state index in [9.17, 15) is 5.11 Å². The van der Waals surface area contributed by atoms with Crippen LogP contribution in [0.4, 0.5) is 0 Å². The van der Waals surface area contributed by atoms with Crippen molar-refractivity contribution < 1.29 is 5.11 Å². The zero-order valence-corrected chi connectivity index (χ0v) is 10.9. The SMILES string of the molecule is Cc1ccccc1[C@@](C)(CO)N1CCCCC1. The molecule has 2 heteroatoms. The van der Waals surface area contributed by atoms with Gasteiger partial charge in [0.2, 0.25) is 0 Å². The van der Waals surface area contributed by atoms with Gasteiger partial charge in [-0.3, -0.25) is 4.90 Å². The molecule has 2 rings (SSSR count). The molecule has 2 nitrogen and oxygen atoms in total. The van der Waals surface area contributed by atoms with Crippen molar-refractivity contribution in [1.29, 1.82) is 0 Å². The molecule has 17 heavy (non-hydrogen) atoms. The molecule has 1 atom stereocenters. The minimum Gasteiger partial charge on any atom is -0.394 e. The van der Waals surface area contributed by atoms with Gasteiger partial charge >= 0.3 is 0 Å². The third-order valence-electron chi connectivity index (χ3n) is 4.09. The smallest absolute Gasteiger partial charge is 0.0668 e. The lowest BCUT2D eigenvalue weighted by molar-refractivity contribution is 0.0256. The van der Waals surface area contributed by atoms with Crippen LogP contribution in [-0.4, -0.2) is 29.7 Å². The highest BCUT2D eigenvalue weighted by atomic mass is 16.3. The fourth-order valence-corrected chi connectivity index (χ4v) is 2.92. The molecule has 1 aromatic rings. The number of piperidine rings is 1. The van der Waals surface area contributed by atoms with Gasteiger partial charge in [0.05, 0.1) is 12.1 Å². The van der Waals surface area contributed by atoms with Crippen molar-refractivity contribution >= 4 is 0 Å². The van der Waals surface area contributed by atoms with Gasteiger partial charge in [-0.05, 0) is 50.9 Å². The molecule has 94 valence electrons. The number of aliphatic hydroxyl groups is 1. The number of hydrogen-bond donors (Lipinski definition) is 1. The summed E-state index contributed by atoms with van der Waals surface area (Å²) in [6, 6.07) is 8.42. The molecule has 0 bridgehead atoms. The Morgan fingerprint density at radius 2 is 1.82 bits per heavy atom. The van der Waals surface area contributed by atoms with Crippen LogP contribution >= 0.6 is 0 Å². The molecule has 1 N–H and O–H groups in total. The Kier molecular flexibility index (Phi) is 3.85. The number of aryl methyl sites for hydroxylation is 1. The molecule has 0 unspecified atom stereocenters. The van der Waals surface area contributed by atoms with E-state index in [1.54, 1.807) is 0 Å². The van der Waals surface area contributed by atoms with Gasteiger partial charge < -0.3 is 5.11 Å². The number of rotatable bonds is 3. The first-order valence-corrected chi connectivity index (χ1v) is 6.60. The van der Waals surface area contributed by atoms with Gasteiger partial charge in [-0.25, -0.2) is 0 Å². The van der Waals surface area contributed by atoms with E-state index >= 15 is 0 Å². The standard InChI is InChI=1S/C15H23NO/c1-13-8-4-5-9-14(13)15(2,12-17)16-10-6-3-7-11-16/h4-5,8-9,17H,3,6-7,10-12H2,1-2H3/t15-/m1/s1. The second-order valence-electron chi connectivity index (χ2n) is 5.29. The summed E-state index contributed by atoms with van der Waals surface area (Å²) in [5.74, 6) is 0. The maximum Gasteiger partial charge on any atom is 0.0668 e. The summed E-state index contributed by atoms with van der Waals surface area (Å²) in [5.41, 5.74) is 2.32. The molecular weight excluding hydrogens is 210 g/mol. The van der Waals surface area contributed by atoms with E-state index < -0.39 is 0 Å². The predicted octanol–water partition coefficient (Wildman–Crippen LogP) is 2.69. The van der Waals surface area contributed by atoms with Gasteiger partial charge in [-0.15, -0.1) is 0 Å². The van der Waals surface area contributed by atoms with Crippen molar-refractivity contribution in [3.8, 4) is 0 Å². The average Bonchev–Trinajstić information content (AvgIpc) is 2.39. The van der Waals surface area contributed by atoms with Crippen LogP contribution in [0, 0.1) is 6.92 Å². The highest BCUT2D eigenvalue weighted by molar-refractivity contribution is 5.32. The first-order chi connectivity index (χ1) is 8.18. The molecule has 0 saturated carbocycles. The molecule has 0 aromatic heterocycles. The normalized spacial score (nSPS) is 21.1. The fraction of sp³-hybridized carbons (Fsp3) is 0.600.